The van der Waals surface area contributed by atoms with Crippen LogP contribution in [0.5, 0.6) is 17.2 Å². The predicted molar refractivity (Wildman–Crippen MR) is 108 cm³/mol. The van der Waals surface area contributed by atoms with Crippen LogP contribution in [0.2, 0.25) is 0 Å². The number of phenols is 1. The summed E-state index contributed by atoms with van der Waals surface area (Å²) in [6, 6.07) is 10.8. The van der Waals surface area contributed by atoms with E-state index >= 15 is 0 Å². The summed E-state index contributed by atoms with van der Waals surface area (Å²) in [6.45, 7) is 4.48. The van der Waals surface area contributed by atoms with Gasteiger partial charge in [0.2, 0.25) is 0 Å². The van der Waals surface area contributed by atoms with Gasteiger partial charge in [-0.2, -0.15) is 0 Å². The van der Waals surface area contributed by atoms with Gasteiger partial charge in [0, 0.05) is 12.6 Å². The van der Waals surface area contributed by atoms with Gasteiger partial charge in [-0.1, -0.05) is 13.0 Å². The fourth-order valence-electron chi connectivity index (χ4n) is 5.32. The smallest absolute Gasteiger partial charge is 0.161 e. The maximum Gasteiger partial charge on any atom is 0.161 e. The van der Waals surface area contributed by atoms with Crippen LogP contribution in [0.25, 0.3) is 21.5 Å². The lowest BCUT2D eigenvalue weighted by molar-refractivity contribution is 0.204. The van der Waals surface area contributed by atoms with E-state index in [1.807, 2.05) is 12.1 Å². The number of methoxy groups -OCH3 is 2. The van der Waals surface area contributed by atoms with Crippen molar-refractivity contribution in [3.05, 3.63) is 41.5 Å². The van der Waals surface area contributed by atoms with Crippen molar-refractivity contribution >= 4 is 21.5 Å². The molecule has 1 N–H and O–H groups in total. The van der Waals surface area contributed by atoms with Gasteiger partial charge in [-0.15, -0.1) is 0 Å². The SMILES string of the molecule is COc1ccc2c3c(c4cc(O)c(OC)cc4c2c1)CN1CCCC1C3C. The van der Waals surface area contributed by atoms with Crippen molar-refractivity contribution in [2.75, 3.05) is 20.8 Å². The first kappa shape index (κ1) is 16.7. The van der Waals surface area contributed by atoms with E-state index in [9.17, 15) is 5.11 Å². The number of ether oxygens (including phenoxy) is 2. The summed E-state index contributed by atoms with van der Waals surface area (Å²) in [4.78, 5) is 2.61. The average Bonchev–Trinajstić information content (AvgIpc) is 3.16. The number of benzene rings is 3. The van der Waals surface area contributed by atoms with E-state index in [1.54, 1.807) is 14.2 Å². The standard InChI is InChI=1S/C23H25NO3/c1-13-20-5-4-8-24(20)12-19-17-10-21(25)22(27-3)11-18(17)16-9-14(26-2)6-7-15(16)23(13)19/h6-7,9-11,13,20,25H,4-5,8,12H2,1-3H3. The Morgan fingerprint density at radius 2 is 1.81 bits per heavy atom. The van der Waals surface area contributed by atoms with E-state index in [0.29, 0.717) is 17.7 Å². The molecule has 2 aliphatic heterocycles. The quantitative estimate of drug-likeness (QED) is 0.664. The van der Waals surface area contributed by atoms with Crippen molar-refractivity contribution in [3.63, 3.8) is 0 Å². The first-order valence-electron chi connectivity index (χ1n) is 9.69. The van der Waals surface area contributed by atoms with Crippen molar-refractivity contribution in [2.24, 2.45) is 0 Å². The number of aromatic hydroxyl groups is 1. The molecule has 0 bridgehead atoms. The zero-order valence-electron chi connectivity index (χ0n) is 16.1. The first-order valence-corrected chi connectivity index (χ1v) is 9.69. The zero-order valence-corrected chi connectivity index (χ0v) is 16.1. The molecule has 2 atom stereocenters. The van der Waals surface area contributed by atoms with Gasteiger partial charge in [-0.25, -0.2) is 0 Å². The molecule has 1 saturated heterocycles. The molecule has 2 aliphatic rings. The lowest BCUT2D eigenvalue weighted by atomic mass is 9.79. The van der Waals surface area contributed by atoms with Crippen LogP contribution >= 0.6 is 0 Å². The number of nitrogens with zero attached hydrogens (tertiary/aromatic N) is 1. The lowest BCUT2D eigenvalue weighted by Gasteiger charge is -2.38. The summed E-state index contributed by atoms with van der Waals surface area (Å²) >= 11 is 0. The predicted octanol–water partition coefficient (Wildman–Crippen LogP) is 4.80. The molecule has 5 rings (SSSR count). The summed E-state index contributed by atoms with van der Waals surface area (Å²) in [5.41, 5.74) is 2.79. The normalized spacial score (nSPS) is 22.0. The highest BCUT2D eigenvalue weighted by Crippen LogP contribution is 2.47. The zero-order chi connectivity index (χ0) is 18.7. The molecule has 1 fully saturated rings. The minimum atomic E-state index is 0.200. The Morgan fingerprint density at radius 3 is 2.59 bits per heavy atom. The molecule has 0 aromatic heterocycles. The molecular formula is C23H25NO3. The van der Waals surface area contributed by atoms with E-state index in [1.165, 1.54) is 41.3 Å². The second-order valence-corrected chi connectivity index (χ2v) is 7.84. The average molecular weight is 363 g/mol. The summed E-state index contributed by atoms with van der Waals surface area (Å²) in [7, 11) is 3.30. The molecule has 4 heteroatoms. The van der Waals surface area contributed by atoms with Gasteiger partial charge < -0.3 is 14.6 Å². The third-order valence-corrected chi connectivity index (χ3v) is 6.58. The molecule has 0 aliphatic carbocycles. The highest BCUT2D eigenvalue weighted by Gasteiger charge is 2.37. The summed E-state index contributed by atoms with van der Waals surface area (Å²) in [5, 5.41) is 15.2. The minimum absolute atomic E-state index is 0.200. The molecule has 0 spiro atoms. The third-order valence-electron chi connectivity index (χ3n) is 6.58. The van der Waals surface area contributed by atoms with E-state index in [4.69, 9.17) is 9.47 Å². The number of rotatable bonds is 2. The van der Waals surface area contributed by atoms with Crippen LogP contribution in [-0.4, -0.2) is 36.8 Å². The van der Waals surface area contributed by atoms with Crippen LogP contribution < -0.4 is 9.47 Å². The lowest BCUT2D eigenvalue weighted by Crippen LogP contribution is -2.38. The summed E-state index contributed by atoms with van der Waals surface area (Å²) < 4.78 is 10.9. The van der Waals surface area contributed by atoms with E-state index in [0.717, 1.165) is 23.1 Å². The van der Waals surface area contributed by atoms with Gasteiger partial charge in [0.05, 0.1) is 14.2 Å². The van der Waals surface area contributed by atoms with Crippen molar-refractivity contribution in [3.8, 4) is 17.2 Å². The molecule has 27 heavy (non-hydrogen) atoms. The van der Waals surface area contributed by atoms with Crippen LogP contribution in [0.15, 0.2) is 30.3 Å². The van der Waals surface area contributed by atoms with Gasteiger partial charge in [0.1, 0.15) is 5.75 Å². The topological polar surface area (TPSA) is 41.9 Å². The van der Waals surface area contributed by atoms with Crippen LogP contribution in [0.1, 0.15) is 36.8 Å². The number of hydrogen-bond donors (Lipinski definition) is 1. The third kappa shape index (κ3) is 2.32. The Hall–Kier alpha value is -2.46. The van der Waals surface area contributed by atoms with Gasteiger partial charge in [0.25, 0.3) is 0 Å². The Morgan fingerprint density at radius 1 is 1.00 bits per heavy atom. The van der Waals surface area contributed by atoms with Crippen molar-refractivity contribution < 1.29 is 14.6 Å². The highest BCUT2D eigenvalue weighted by atomic mass is 16.5. The highest BCUT2D eigenvalue weighted by molar-refractivity contribution is 6.12. The van der Waals surface area contributed by atoms with Crippen molar-refractivity contribution in [2.45, 2.75) is 38.3 Å². The summed E-state index contributed by atoms with van der Waals surface area (Å²) in [5.74, 6) is 2.03. The maximum absolute atomic E-state index is 10.5. The molecule has 2 unspecified atom stereocenters. The summed E-state index contributed by atoms with van der Waals surface area (Å²) in [6.07, 6.45) is 2.54. The second-order valence-electron chi connectivity index (χ2n) is 7.84. The Kier molecular flexibility index (Phi) is 3.73. The fourth-order valence-corrected chi connectivity index (χ4v) is 5.32. The van der Waals surface area contributed by atoms with Gasteiger partial charge in [-0.3, -0.25) is 4.90 Å². The van der Waals surface area contributed by atoms with Crippen molar-refractivity contribution in [1.29, 1.82) is 0 Å². The van der Waals surface area contributed by atoms with Crippen LogP contribution in [-0.2, 0) is 6.54 Å². The van der Waals surface area contributed by atoms with Crippen LogP contribution in [0.4, 0.5) is 0 Å². The van der Waals surface area contributed by atoms with E-state index < -0.39 is 0 Å². The molecule has 140 valence electrons. The monoisotopic (exact) mass is 363 g/mol. The molecule has 0 radical (unpaired) electrons. The Balaban J connectivity index is 1.92. The van der Waals surface area contributed by atoms with Gasteiger partial charge in [-0.05, 0) is 82.2 Å². The van der Waals surface area contributed by atoms with E-state index in [-0.39, 0.29) is 5.75 Å². The van der Waals surface area contributed by atoms with Crippen molar-refractivity contribution in [1.82, 2.24) is 4.90 Å². The first-order chi connectivity index (χ1) is 13.1. The Labute approximate surface area is 159 Å². The number of fused-ring (bicyclic) bond motifs is 7. The van der Waals surface area contributed by atoms with Gasteiger partial charge >= 0.3 is 0 Å². The fraction of sp³-hybridized carbons (Fsp3) is 0.391. The minimum Gasteiger partial charge on any atom is -0.504 e. The van der Waals surface area contributed by atoms with Crippen LogP contribution in [0.3, 0.4) is 0 Å². The van der Waals surface area contributed by atoms with Crippen LogP contribution in [0, 0.1) is 0 Å². The maximum atomic E-state index is 10.5. The van der Waals surface area contributed by atoms with Gasteiger partial charge in [0.15, 0.2) is 11.5 Å². The molecule has 3 aromatic rings. The number of hydrogen-bond acceptors (Lipinski definition) is 4. The Bertz CT molecular complexity index is 1060. The molecule has 0 amide bonds. The largest absolute Gasteiger partial charge is 0.504 e. The molecule has 4 nitrogen and oxygen atoms in total. The number of phenolic OH excluding ortho intramolecular Hbond substituents is 1. The molecule has 0 saturated carbocycles. The second kappa shape index (κ2) is 6.03. The molecule has 2 heterocycles. The molecular weight excluding hydrogens is 338 g/mol. The van der Waals surface area contributed by atoms with E-state index in [2.05, 4.69) is 30.0 Å². The molecule has 3 aromatic carbocycles.